The Labute approximate surface area is 145 Å². The van der Waals surface area contributed by atoms with Crippen LogP contribution >= 0.6 is 12.4 Å². The number of amides is 1. The first kappa shape index (κ1) is 16.8. The van der Waals surface area contributed by atoms with Crippen LogP contribution in [0.4, 0.5) is 0 Å². The van der Waals surface area contributed by atoms with Gasteiger partial charge in [0.25, 0.3) is 0 Å². The molecule has 0 spiro atoms. The van der Waals surface area contributed by atoms with Gasteiger partial charge in [-0.25, -0.2) is 0 Å². The summed E-state index contributed by atoms with van der Waals surface area (Å²) in [6.07, 6.45) is 6.58. The van der Waals surface area contributed by atoms with Gasteiger partial charge < -0.3 is 10.6 Å². The lowest BCUT2D eigenvalue weighted by Crippen LogP contribution is -2.34. The Bertz CT molecular complexity index is 576. The van der Waals surface area contributed by atoms with E-state index in [0.29, 0.717) is 36.1 Å². The van der Waals surface area contributed by atoms with E-state index in [4.69, 9.17) is 5.73 Å². The van der Waals surface area contributed by atoms with Crippen molar-refractivity contribution in [2.24, 2.45) is 17.6 Å². The van der Waals surface area contributed by atoms with Crippen LogP contribution in [-0.2, 0) is 11.2 Å². The van der Waals surface area contributed by atoms with E-state index < -0.39 is 0 Å². The van der Waals surface area contributed by atoms with Crippen LogP contribution in [0.3, 0.4) is 0 Å². The molecule has 2 N–H and O–H groups in total. The molecule has 4 atom stereocenters. The van der Waals surface area contributed by atoms with Gasteiger partial charge in [0.2, 0.25) is 5.91 Å². The molecule has 2 aliphatic carbocycles. The third-order valence-corrected chi connectivity index (χ3v) is 6.18. The number of carbonyl (C=O) groups is 1. The van der Waals surface area contributed by atoms with Crippen molar-refractivity contribution in [3.05, 3.63) is 35.4 Å². The van der Waals surface area contributed by atoms with Crippen LogP contribution in [0, 0.1) is 11.8 Å². The highest BCUT2D eigenvalue weighted by Gasteiger charge is 2.42. The molecule has 4 unspecified atom stereocenters. The number of benzene rings is 1. The van der Waals surface area contributed by atoms with Crippen LogP contribution in [0.5, 0.6) is 0 Å². The SMILES string of the molecule is Cl.NC1CCC2CN(C(=O)CC3CCCc4ccccc43)CC12. The van der Waals surface area contributed by atoms with Crippen LogP contribution in [0.1, 0.15) is 49.1 Å². The number of aryl methyl sites for hydroxylation is 1. The number of likely N-dealkylation sites (tertiary alicyclic amines) is 1. The highest BCUT2D eigenvalue weighted by molar-refractivity contribution is 5.85. The summed E-state index contributed by atoms with van der Waals surface area (Å²) < 4.78 is 0. The molecule has 0 radical (unpaired) electrons. The second-order valence-corrected chi connectivity index (χ2v) is 7.46. The van der Waals surface area contributed by atoms with E-state index >= 15 is 0 Å². The standard InChI is InChI=1S/C19H26N2O.ClH/c20-18-9-8-15-11-21(12-17(15)18)19(22)10-14-6-3-5-13-4-1-2-7-16(13)14;/h1-2,4,7,14-15,17-18H,3,5-6,8-12,20H2;1H. The molecule has 1 aliphatic heterocycles. The van der Waals surface area contributed by atoms with Crippen LogP contribution in [0.15, 0.2) is 24.3 Å². The van der Waals surface area contributed by atoms with Gasteiger partial charge in [0.05, 0.1) is 0 Å². The second kappa shape index (κ2) is 6.82. The number of halogens is 1. The zero-order chi connectivity index (χ0) is 15.1. The third kappa shape index (κ3) is 3.14. The molecule has 1 saturated heterocycles. The van der Waals surface area contributed by atoms with E-state index in [1.807, 2.05) is 0 Å². The highest BCUT2D eigenvalue weighted by Crippen LogP contribution is 2.39. The Balaban J connectivity index is 0.00000156. The summed E-state index contributed by atoms with van der Waals surface area (Å²) in [5.74, 6) is 2.00. The zero-order valence-electron chi connectivity index (χ0n) is 13.6. The van der Waals surface area contributed by atoms with E-state index in [1.165, 1.54) is 30.4 Å². The monoisotopic (exact) mass is 334 g/mol. The molecular formula is C19H27ClN2O. The molecule has 0 bridgehead atoms. The molecule has 0 aromatic heterocycles. The van der Waals surface area contributed by atoms with Crippen LogP contribution in [0.2, 0.25) is 0 Å². The van der Waals surface area contributed by atoms with E-state index in [1.54, 1.807) is 0 Å². The lowest BCUT2D eigenvalue weighted by Gasteiger charge is -2.27. The first-order chi connectivity index (χ1) is 10.7. The van der Waals surface area contributed by atoms with Gasteiger partial charge in [-0.15, -0.1) is 12.4 Å². The predicted molar refractivity (Wildman–Crippen MR) is 94.8 cm³/mol. The zero-order valence-corrected chi connectivity index (χ0v) is 14.4. The minimum Gasteiger partial charge on any atom is -0.342 e. The van der Waals surface area contributed by atoms with Crippen molar-refractivity contribution in [2.45, 2.75) is 50.5 Å². The fraction of sp³-hybridized carbons (Fsp3) is 0.632. The van der Waals surface area contributed by atoms with Crippen molar-refractivity contribution in [3.63, 3.8) is 0 Å². The molecule has 3 aliphatic rings. The van der Waals surface area contributed by atoms with E-state index in [2.05, 4.69) is 29.2 Å². The molecule has 2 fully saturated rings. The Hall–Kier alpha value is -1.06. The van der Waals surface area contributed by atoms with Crippen molar-refractivity contribution in [2.75, 3.05) is 13.1 Å². The average Bonchev–Trinajstić information content (AvgIpc) is 3.10. The summed E-state index contributed by atoms with van der Waals surface area (Å²) in [5.41, 5.74) is 9.06. The first-order valence-electron chi connectivity index (χ1n) is 8.83. The van der Waals surface area contributed by atoms with Crippen LogP contribution in [-0.4, -0.2) is 29.9 Å². The molecule has 1 aromatic carbocycles. The van der Waals surface area contributed by atoms with Crippen molar-refractivity contribution in [1.82, 2.24) is 4.90 Å². The summed E-state index contributed by atoms with van der Waals surface area (Å²) >= 11 is 0. The fourth-order valence-electron chi connectivity index (χ4n) is 4.92. The number of rotatable bonds is 2. The molecule has 23 heavy (non-hydrogen) atoms. The van der Waals surface area contributed by atoms with Crippen molar-refractivity contribution in [3.8, 4) is 0 Å². The molecule has 1 heterocycles. The summed E-state index contributed by atoms with van der Waals surface area (Å²) in [5, 5.41) is 0. The molecule has 126 valence electrons. The maximum Gasteiger partial charge on any atom is 0.223 e. The van der Waals surface area contributed by atoms with E-state index in [0.717, 1.165) is 25.9 Å². The van der Waals surface area contributed by atoms with Gasteiger partial charge in [0.15, 0.2) is 0 Å². The number of hydrogen-bond acceptors (Lipinski definition) is 2. The number of hydrogen-bond donors (Lipinski definition) is 1. The fourth-order valence-corrected chi connectivity index (χ4v) is 4.92. The van der Waals surface area contributed by atoms with Gasteiger partial charge in [0.1, 0.15) is 0 Å². The van der Waals surface area contributed by atoms with Gasteiger partial charge in [0, 0.05) is 25.6 Å². The molecule has 4 heteroatoms. The van der Waals surface area contributed by atoms with Gasteiger partial charge in [-0.2, -0.15) is 0 Å². The summed E-state index contributed by atoms with van der Waals surface area (Å²) in [4.78, 5) is 14.8. The Morgan fingerprint density at radius 3 is 2.83 bits per heavy atom. The molecule has 3 nitrogen and oxygen atoms in total. The van der Waals surface area contributed by atoms with E-state index in [9.17, 15) is 4.79 Å². The Morgan fingerprint density at radius 1 is 1.17 bits per heavy atom. The predicted octanol–water partition coefficient (Wildman–Crippen LogP) is 3.11. The second-order valence-electron chi connectivity index (χ2n) is 7.46. The molecule has 4 rings (SSSR count). The maximum absolute atomic E-state index is 12.7. The lowest BCUT2D eigenvalue weighted by atomic mass is 9.81. The number of nitrogens with zero attached hydrogens (tertiary/aromatic N) is 1. The number of carbonyl (C=O) groups excluding carboxylic acids is 1. The van der Waals surface area contributed by atoms with Crippen LogP contribution in [0.25, 0.3) is 0 Å². The van der Waals surface area contributed by atoms with Gasteiger partial charge in [-0.05, 0) is 61.0 Å². The summed E-state index contributed by atoms with van der Waals surface area (Å²) in [6.45, 7) is 1.85. The van der Waals surface area contributed by atoms with Crippen molar-refractivity contribution < 1.29 is 4.79 Å². The van der Waals surface area contributed by atoms with Crippen molar-refractivity contribution >= 4 is 18.3 Å². The minimum absolute atomic E-state index is 0. The normalized spacial score (nSPS) is 32.1. The van der Waals surface area contributed by atoms with Crippen LogP contribution < -0.4 is 5.73 Å². The summed E-state index contributed by atoms with van der Waals surface area (Å²) in [7, 11) is 0. The molecule has 1 amide bonds. The first-order valence-corrected chi connectivity index (χ1v) is 8.83. The smallest absolute Gasteiger partial charge is 0.223 e. The maximum atomic E-state index is 12.7. The molecule has 1 aromatic rings. The number of fused-ring (bicyclic) bond motifs is 2. The van der Waals surface area contributed by atoms with Gasteiger partial charge in [-0.3, -0.25) is 4.79 Å². The van der Waals surface area contributed by atoms with E-state index in [-0.39, 0.29) is 12.4 Å². The molecular weight excluding hydrogens is 308 g/mol. The largest absolute Gasteiger partial charge is 0.342 e. The topological polar surface area (TPSA) is 46.3 Å². The van der Waals surface area contributed by atoms with Gasteiger partial charge >= 0.3 is 0 Å². The highest BCUT2D eigenvalue weighted by atomic mass is 35.5. The van der Waals surface area contributed by atoms with Gasteiger partial charge in [-0.1, -0.05) is 24.3 Å². The molecule has 1 saturated carbocycles. The minimum atomic E-state index is 0. The Morgan fingerprint density at radius 2 is 2.00 bits per heavy atom. The number of nitrogens with two attached hydrogens (primary N) is 1. The Kier molecular flexibility index (Phi) is 4.98. The van der Waals surface area contributed by atoms with Crippen molar-refractivity contribution in [1.29, 1.82) is 0 Å². The lowest BCUT2D eigenvalue weighted by molar-refractivity contribution is -0.131. The average molecular weight is 335 g/mol. The third-order valence-electron chi connectivity index (χ3n) is 6.18. The summed E-state index contributed by atoms with van der Waals surface area (Å²) in [6, 6.07) is 9.00. The quantitative estimate of drug-likeness (QED) is 0.903.